The van der Waals surface area contributed by atoms with Crippen LogP contribution in [0.4, 0.5) is 4.79 Å². The van der Waals surface area contributed by atoms with Gasteiger partial charge >= 0.3 is 6.09 Å². The van der Waals surface area contributed by atoms with Crippen LogP contribution in [0.5, 0.6) is 0 Å². The van der Waals surface area contributed by atoms with Gasteiger partial charge in [0.1, 0.15) is 5.60 Å². The highest BCUT2D eigenvalue weighted by Crippen LogP contribution is 2.47. The Morgan fingerprint density at radius 1 is 1.45 bits per heavy atom. The first-order valence-electron chi connectivity index (χ1n) is 10.9. The van der Waals surface area contributed by atoms with E-state index in [9.17, 15) is 4.79 Å². The highest BCUT2D eigenvalue weighted by atomic mass is 16.6. The number of amides is 1. The molecule has 1 aliphatic heterocycles. The zero-order chi connectivity index (χ0) is 21.2. The molecule has 1 spiro atoms. The van der Waals surface area contributed by atoms with E-state index in [1.54, 1.807) is 0 Å². The molecule has 2 aliphatic rings. The number of hydrogen-bond donors (Lipinski definition) is 0. The van der Waals surface area contributed by atoms with Crippen LogP contribution in [-0.2, 0) is 17.7 Å². The fraction of sp³-hybridized carbons (Fsp3) is 0.667. The molecule has 3 rings (SSSR count). The van der Waals surface area contributed by atoms with E-state index in [0.717, 1.165) is 56.5 Å². The molecule has 1 aliphatic carbocycles. The molecule has 5 heteroatoms. The number of likely N-dealkylation sites (N-methyl/N-ethyl adjacent to an activating group) is 1. The van der Waals surface area contributed by atoms with Crippen molar-refractivity contribution in [3.63, 3.8) is 0 Å². The topological polar surface area (TPSA) is 47.4 Å². The number of carbonyl (C=O) groups excluding carboxylic acids is 1. The molecule has 5 nitrogen and oxygen atoms in total. The summed E-state index contributed by atoms with van der Waals surface area (Å²) in [6.07, 6.45) is 14.5. The lowest BCUT2D eigenvalue weighted by Gasteiger charge is -2.43. The van der Waals surface area contributed by atoms with E-state index >= 15 is 0 Å². The normalized spacial score (nSPS) is 28.5. The molecule has 1 saturated carbocycles. The zero-order valence-electron chi connectivity index (χ0n) is 18.6. The van der Waals surface area contributed by atoms with Crippen LogP contribution in [0.15, 0.2) is 12.4 Å². The third-order valence-corrected chi connectivity index (χ3v) is 6.55. The first kappa shape index (κ1) is 21.5. The van der Waals surface area contributed by atoms with Gasteiger partial charge in [0.15, 0.2) is 0 Å². The van der Waals surface area contributed by atoms with Crippen molar-refractivity contribution in [3.8, 4) is 12.3 Å². The fourth-order valence-corrected chi connectivity index (χ4v) is 5.24. The lowest BCUT2D eigenvalue weighted by molar-refractivity contribution is -0.0274. The summed E-state index contributed by atoms with van der Waals surface area (Å²) in [7, 11) is 0. The largest absolute Gasteiger partial charge is 0.441 e. The Kier molecular flexibility index (Phi) is 6.12. The SMILES string of the molecule is C#CC(C)/C=C(\C)c1ncn(CC2(C)CCCC3(CN(CC)C(=O)O3)C2)c1CC. The minimum atomic E-state index is -0.325. The lowest BCUT2D eigenvalue weighted by atomic mass is 9.68. The van der Waals surface area contributed by atoms with Crippen molar-refractivity contribution in [2.24, 2.45) is 11.3 Å². The molecule has 2 fully saturated rings. The summed E-state index contributed by atoms with van der Waals surface area (Å²) in [4.78, 5) is 18.8. The van der Waals surface area contributed by atoms with Gasteiger partial charge in [-0.05, 0) is 63.9 Å². The maximum absolute atomic E-state index is 12.2. The second-order valence-corrected chi connectivity index (χ2v) is 9.23. The smallest absolute Gasteiger partial charge is 0.410 e. The van der Waals surface area contributed by atoms with E-state index in [0.29, 0.717) is 6.54 Å². The van der Waals surface area contributed by atoms with Crippen molar-refractivity contribution in [2.45, 2.75) is 78.9 Å². The third kappa shape index (κ3) is 4.37. The molecule has 3 atom stereocenters. The van der Waals surface area contributed by atoms with E-state index in [-0.39, 0.29) is 23.0 Å². The average Bonchev–Trinajstić information content (AvgIpc) is 3.20. The Bertz CT molecular complexity index is 834. The van der Waals surface area contributed by atoms with Crippen molar-refractivity contribution in [1.82, 2.24) is 14.5 Å². The van der Waals surface area contributed by atoms with Crippen molar-refractivity contribution in [1.29, 1.82) is 0 Å². The summed E-state index contributed by atoms with van der Waals surface area (Å²) in [5, 5.41) is 0. The third-order valence-electron chi connectivity index (χ3n) is 6.55. The highest BCUT2D eigenvalue weighted by Gasteiger charge is 2.51. The first-order chi connectivity index (χ1) is 13.7. The van der Waals surface area contributed by atoms with Crippen molar-refractivity contribution in [3.05, 3.63) is 23.8 Å². The number of hydrogen-bond acceptors (Lipinski definition) is 3. The van der Waals surface area contributed by atoms with Gasteiger partial charge < -0.3 is 14.2 Å². The van der Waals surface area contributed by atoms with E-state index in [4.69, 9.17) is 16.1 Å². The average molecular weight is 398 g/mol. The summed E-state index contributed by atoms with van der Waals surface area (Å²) < 4.78 is 8.22. The summed E-state index contributed by atoms with van der Waals surface area (Å²) in [6.45, 7) is 13.0. The highest BCUT2D eigenvalue weighted by molar-refractivity contribution is 5.70. The Balaban J connectivity index is 1.82. The summed E-state index contributed by atoms with van der Waals surface area (Å²) in [5.41, 5.74) is 3.19. The number of ether oxygens (including phenoxy) is 1. The molecule has 158 valence electrons. The van der Waals surface area contributed by atoms with E-state index < -0.39 is 0 Å². The number of rotatable bonds is 6. The number of carbonyl (C=O) groups is 1. The van der Waals surface area contributed by atoms with Crippen molar-refractivity contribution >= 4 is 11.7 Å². The summed E-state index contributed by atoms with van der Waals surface area (Å²) >= 11 is 0. The number of imidazole rings is 1. The van der Waals surface area contributed by atoms with Crippen LogP contribution in [0.3, 0.4) is 0 Å². The number of aromatic nitrogens is 2. The molecule has 0 N–H and O–H groups in total. The van der Waals surface area contributed by atoms with Crippen LogP contribution < -0.4 is 0 Å². The monoisotopic (exact) mass is 397 g/mol. The van der Waals surface area contributed by atoms with Gasteiger partial charge in [-0.1, -0.05) is 25.8 Å². The Labute approximate surface area is 175 Å². The van der Waals surface area contributed by atoms with Crippen LogP contribution in [0.2, 0.25) is 0 Å². The minimum Gasteiger partial charge on any atom is -0.441 e. The predicted molar refractivity (Wildman–Crippen MR) is 116 cm³/mol. The van der Waals surface area contributed by atoms with Gasteiger partial charge in [0.05, 0.1) is 18.6 Å². The molecule has 3 unspecified atom stereocenters. The quantitative estimate of drug-likeness (QED) is 0.641. The molecule has 0 radical (unpaired) electrons. The molecule has 0 bridgehead atoms. The van der Waals surface area contributed by atoms with Gasteiger partial charge in [-0.2, -0.15) is 0 Å². The van der Waals surface area contributed by atoms with E-state index in [1.165, 1.54) is 5.69 Å². The molecule has 2 heterocycles. The molecular formula is C24H35N3O2. The Morgan fingerprint density at radius 2 is 2.21 bits per heavy atom. The number of allylic oxidation sites excluding steroid dienone is 2. The second-order valence-electron chi connectivity index (χ2n) is 9.23. The summed E-state index contributed by atoms with van der Waals surface area (Å²) in [6, 6.07) is 0. The van der Waals surface area contributed by atoms with Gasteiger partial charge in [-0.15, -0.1) is 6.42 Å². The van der Waals surface area contributed by atoms with Crippen LogP contribution in [-0.4, -0.2) is 39.2 Å². The van der Waals surface area contributed by atoms with Gasteiger partial charge in [-0.3, -0.25) is 0 Å². The maximum Gasteiger partial charge on any atom is 0.410 e. The van der Waals surface area contributed by atoms with Gasteiger partial charge in [0, 0.05) is 24.7 Å². The van der Waals surface area contributed by atoms with Crippen molar-refractivity contribution in [2.75, 3.05) is 13.1 Å². The van der Waals surface area contributed by atoms with E-state index in [1.807, 2.05) is 25.1 Å². The van der Waals surface area contributed by atoms with Gasteiger partial charge in [-0.25, -0.2) is 9.78 Å². The van der Waals surface area contributed by atoms with Gasteiger partial charge in [0.2, 0.25) is 0 Å². The fourth-order valence-electron chi connectivity index (χ4n) is 5.24. The lowest BCUT2D eigenvalue weighted by Crippen LogP contribution is -2.45. The Morgan fingerprint density at radius 3 is 2.83 bits per heavy atom. The molecule has 29 heavy (non-hydrogen) atoms. The molecule has 0 aromatic carbocycles. The second kappa shape index (κ2) is 8.26. The summed E-state index contributed by atoms with van der Waals surface area (Å²) in [5.74, 6) is 2.86. The molecule has 1 aromatic rings. The Hall–Kier alpha value is -2.22. The number of terminal acetylenes is 1. The van der Waals surface area contributed by atoms with Crippen LogP contribution >= 0.6 is 0 Å². The maximum atomic E-state index is 12.2. The minimum absolute atomic E-state index is 0.0773. The van der Waals surface area contributed by atoms with Crippen LogP contribution in [0, 0.1) is 23.7 Å². The van der Waals surface area contributed by atoms with Crippen LogP contribution in [0.1, 0.15) is 71.7 Å². The molecule has 1 aromatic heterocycles. The van der Waals surface area contributed by atoms with Gasteiger partial charge in [0.25, 0.3) is 0 Å². The zero-order valence-corrected chi connectivity index (χ0v) is 18.6. The predicted octanol–water partition coefficient (Wildman–Crippen LogP) is 4.91. The van der Waals surface area contributed by atoms with Crippen molar-refractivity contribution < 1.29 is 9.53 Å². The molecule has 1 saturated heterocycles. The molecular weight excluding hydrogens is 362 g/mol. The van der Waals surface area contributed by atoms with Crippen LogP contribution in [0.25, 0.3) is 5.57 Å². The standard InChI is InChI=1S/C24H35N3O2/c1-7-18(4)13-19(5)21-20(8-2)27(17-25-21)15-23(6)11-10-12-24(14-23)16-26(9-3)22(28)29-24/h1,13,17-18H,8-12,14-16H2,2-6H3/b19-13+. The first-order valence-corrected chi connectivity index (χ1v) is 10.9. The van der Waals surface area contributed by atoms with E-state index in [2.05, 4.69) is 37.3 Å². The number of nitrogens with zero attached hydrogens (tertiary/aromatic N) is 3. The molecule has 1 amide bonds.